The van der Waals surface area contributed by atoms with E-state index in [0.717, 1.165) is 37.9 Å². The lowest BCUT2D eigenvalue weighted by molar-refractivity contribution is -0.131. The summed E-state index contributed by atoms with van der Waals surface area (Å²) in [4.78, 5) is 44.4. The molecular weight excluding hydrogens is 771 g/mol. The predicted octanol–water partition coefficient (Wildman–Crippen LogP) is 6.42. The molecule has 0 aliphatic rings. The van der Waals surface area contributed by atoms with Gasteiger partial charge in [-0.1, -0.05) is 23.2 Å². The topological polar surface area (TPSA) is 204 Å². The third kappa shape index (κ3) is 6.94. The number of ketones is 1. The van der Waals surface area contributed by atoms with Crippen molar-refractivity contribution < 1.29 is 28.9 Å². The second-order valence-corrected chi connectivity index (χ2v) is 11.9. The number of carboxylic acid groups (broad SMARTS) is 1. The average molecular weight is 796 g/mol. The highest BCUT2D eigenvalue weighted by molar-refractivity contribution is 9.10. The Labute approximate surface area is 305 Å². The maximum Gasteiger partial charge on any atom is 0.377 e. The number of carbonyl (C=O) groups is 2. The molecule has 0 spiro atoms. The van der Waals surface area contributed by atoms with Gasteiger partial charge in [0.25, 0.3) is 5.78 Å². The van der Waals surface area contributed by atoms with Gasteiger partial charge < -0.3 is 34.3 Å². The first-order chi connectivity index (χ1) is 24.6. The van der Waals surface area contributed by atoms with E-state index in [1.165, 1.54) is 36.6 Å². The summed E-state index contributed by atoms with van der Waals surface area (Å²) < 4.78 is 19.4. The van der Waals surface area contributed by atoms with Gasteiger partial charge >= 0.3 is 5.97 Å². The normalized spacial score (nSPS) is 10.8. The number of aromatic amines is 3. The first kappa shape index (κ1) is 34.9. The molecule has 0 fully saturated rings. The van der Waals surface area contributed by atoms with E-state index in [4.69, 9.17) is 42.5 Å². The van der Waals surface area contributed by atoms with Crippen LogP contribution in [0, 0.1) is 0 Å². The molecule has 0 aliphatic carbocycles. The molecule has 0 bridgehead atoms. The van der Waals surface area contributed by atoms with E-state index in [9.17, 15) is 9.59 Å². The van der Waals surface area contributed by atoms with Gasteiger partial charge in [0.1, 0.15) is 21.9 Å². The van der Waals surface area contributed by atoms with Crippen molar-refractivity contribution in [3.8, 4) is 28.9 Å². The van der Waals surface area contributed by atoms with E-state index in [0.29, 0.717) is 32.6 Å². The molecule has 0 amide bonds. The van der Waals surface area contributed by atoms with E-state index in [1.807, 2.05) is 24.5 Å². The Bertz CT molecular complexity index is 2520. The van der Waals surface area contributed by atoms with Crippen LogP contribution in [-0.4, -0.2) is 87.7 Å². The van der Waals surface area contributed by atoms with Crippen LogP contribution >= 0.6 is 39.1 Å². The van der Waals surface area contributed by atoms with Crippen molar-refractivity contribution in [2.45, 2.75) is 0 Å². The van der Waals surface area contributed by atoms with Crippen LogP contribution in [0.4, 0.5) is 0 Å². The molecule has 0 atom stereocenters. The summed E-state index contributed by atoms with van der Waals surface area (Å²) in [5.41, 5.74) is 2.24. The summed E-state index contributed by atoms with van der Waals surface area (Å²) in [5, 5.41) is 20.4. The van der Waals surface area contributed by atoms with Crippen molar-refractivity contribution in [2.75, 3.05) is 21.3 Å². The van der Waals surface area contributed by atoms with Crippen LogP contribution < -0.4 is 14.2 Å². The summed E-state index contributed by atoms with van der Waals surface area (Å²) in [6, 6.07) is 3.89. The minimum absolute atomic E-state index is 0.0127. The van der Waals surface area contributed by atoms with E-state index in [2.05, 4.69) is 56.0 Å². The minimum Gasteiger partial charge on any atom is -0.494 e. The summed E-state index contributed by atoms with van der Waals surface area (Å²) in [5.74, 6) is 0.258. The van der Waals surface area contributed by atoms with Crippen molar-refractivity contribution in [1.82, 2.24) is 49.5 Å². The number of Topliss-reactive ketones (excluding diaryl/α,β-unsaturated/α-hetero) is 1. The van der Waals surface area contributed by atoms with Gasteiger partial charge in [0.05, 0.1) is 102 Å². The zero-order chi connectivity index (χ0) is 36.2. The van der Waals surface area contributed by atoms with Crippen LogP contribution in [0.15, 0.2) is 78.7 Å². The molecule has 8 heterocycles. The number of carbonyl (C=O) groups excluding carboxylic acids is 1. The highest BCUT2D eigenvalue weighted by atomic mass is 79.9. The van der Waals surface area contributed by atoms with Gasteiger partial charge in [-0.2, -0.15) is 10.2 Å². The molecule has 0 aromatic carbocycles. The van der Waals surface area contributed by atoms with Crippen LogP contribution in [0.1, 0.15) is 10.4 Å². The average Bonchev–Trinajstić information content (AvgIpc) is 3.98. The summed E-state index contributed by atoms with van der Waals surface area (Å²) in [6.07, 6.45) is 16.0. The van der Waals surface area contributed by atoms with Crippen molar-refractivity contribution >= 4 is 83.6 Å². The molecule has 260 valence electrons. The van der Waals surface area contributed by atoms with E-state index in [-0.39, 0.29) is 11.3 Å². The lowest BCUT2D eigenvalue weighted by Gasteiger charge is -2.07. The van der Waals surface area contributed by atoms with Gasteiger partial charge in [0.15, 0.2) is 11.6 Å². The Morgan fingerprint density at radius 1 is 0.725 bits per heavy atom. The fourth-order valence-electron chi connectivity index (χ4n) is 5.07. The van der Waals surface area contributed by atoms with Crippen molar-refractivity contribution in [2.24, 2.45) is 0 Å². The first-order valence-electron chi connectivity index (χ1n) is 14.5. The maximum absolute atomic E-state index is 11.8. The van der Waals surface area contributed by atoms with Crippen LogP contribution in [0.5, 0.6) is 17.2 Å². The number of ether oxygens (including phenoxy) is 3. The molecule has 4 N–H and O–H groups in total. The molecule has 0 unspecified atom stereocenters. The zero-order valence-electron chi connectivity index (χ0n) is 26.7. The Kier molecular flexibility index (Phi) is 10.2. The Morgan fingerprint density at radius 2 is 1.24 bits per heavy atom. The highest BCUT2D eigenvalue weighted by Crippen LogP contribution is 2.32. The van der Waals surface area contributed by atoms with E-state index in [1.54, 1.807) is 43.7 Å². The second-order valence-electron chi connectivity index (χ2n) is 10.2. The first-order valence-corrected chi connectivity index (χ1v) is 16.1. The molecule has 51 heavy (non-hydrogen) atoms. The van der Waals surface area contributed by atoms with Gasteiger partial charge in [-0.05, 0) is 28.1 Å². The number of rotatable bonds is 7. The van der Waals surface area contributed by atoms with Crippen molar-refractivity contribution in [1.29, 1.82) is 0 Å². The molecule has 0 saturated heterocycles. The fourth-order valence-corrected chi connectivity index (χ4v) is 5.77. The van der Waals surface area contributed by atoms with E-state index >= 15 is 0 Å². The summed E-state index contributed by atoms with van der Waals surface area (Å²) >= 11 is 15.0. The van der Waals surface area contributed by atoms with Gasteiger partial charge in [-0.25, -0.2) is 29.1 Å². The monoisotopic (exact) mass is 794 g/mol. The number of fused-ring (bicyclic) bond motifs is 3. The quantitative estimate of drug-likeness (QED) is 0.0787. The van der Waals surface area contributed by atoms with Gasteiger partial charge in [0.2, 0.25) is 0 Å². The number of nitrogens with one attached hydrogen (secondary N) is 3. The number of hydrogen-bond acceptors (Lipinski definition) is 10. The van der Waals surface area contributed by atoms with Gasteiger partial charge in [-0.15, -0.1) is 0 Å². The number of pyridine rings is 3. The standard InChI is InChI=1S/C13H9ClN4O4.C11H9ClN4O.C8H7BrN2O/c1-22-8-4-16-12(18-5-6(14)2-17-18)10-9(8)7(3-15-10)11(19)13(20)21;1-17-9-5-14-11(10-8(9)2-3-13-10)16-6-7(12)4-15-16;1-12-6-4-11-8(9)7-5(6)2-3-10-7/h2-5,15H,1H3,(H,20,21);2-6,13H,1H3;2-4,10H,1H3. The highest BCUT2D eigenvalue weighted by Gasteiger charge is 2.24. The van der Waals surface area contributed by atoms with Gasteiger partial charge in [0, 0.05) is 29.4 Å². The van der Waals surface area contributed by atoms with Crippen LogP contribution in [0.3, 0.4) is 0 Å². The molecular formula is C32H25BrCl2N10O6. The number of hydrogen-bond donors (Lipinski definition) is 4. The molecule has 8 aromatic heterocycles. The number of H-pyrrole nitrogens is 3. The maximum atomic E-state index is 11.8. The molecule has 16 nitrogen and oxygen atoms in total. The lowest BCUT2D eigenvalue weighted by Crippen LogP contribution is -2.12. The van der Waals surface area contributed by atoms with E-state index < -0.39 is 11.8 Å². The SMILES string of the molecule is COc1cnc(-n2cc(Cl)cn2)c2[nH]cc(C(=O)C(=O)O)c12.COc1cnc(-n2cc(Cl)cn2)c2[nH]ccc12.COc1cnc(Br)c2[nH]ccc12. The molecule has 0 radical (unpaired) electrons. The van der Waals surface area contributed by atoms with Gasteiger partial charge in [-0.3, -0.25) is 4.79 Å². The third-order valence-electron chi connectivity index (χ3n) is 7.34. The summed E-state index contributed by atoms with van der Waals surface area (Å²) in [7, 11) is 4.66. The van der Waals surface area contributed by atoms with Crippen LogP contribution in [0.2, 0.25) is 10.0 Å². The number of nitrogens with zero attached hydrogens (tertiary/aromatic N) is 7. The molecule has 0 saturated carbocycles. The smallest absolute Gasteiger partial charge is 0.377 e. The van der Waals surface area contributed by atoms with Crippen LogP contribution in [-0.2, 0) is 4.79 Å². The number of aliphatic carboxylic acids is 1. The number of carboxylic acids is 1. The number of aromatic nitrogens is 10. The second kappa shape index (κ2) is 14.9. The molecule has 19 heteroatoms. The molecule has 8 rings (SSSR count). The fraction of sp³-hybridized carbons (Fsp3) is 0.0938. The number of halogens is 3. The Morgan fingerprint density at radius 3 is 1.76 bits per heavy atom. The number of methoxy groups -OCH3 is 3. The Hall–Kier alpha value is -5.91. The Balaban J connectivity index is 0.000000138. The molecule has 0 aliphatic heterocycles. The van der Waals surface area contributed by atoms with Crippen LogP contribution in [0.25, 0.3) is 44.3 Å². The largest absolute Gasteiger partial charge is 0.494 e. The third-order valence-corrected chi connectivity index (χ3v) is 8.33. The zero-order valence-corrected chi connectivity index (χ0v) is 29.8. The summed E-state index contributed by atoms with van der Waals surface area (Å²) in [6.45, 7) is 0. The molecule has 8 aromatic rings. The lowest BCUT2D eigenvalue weighted by atomic mass is 10.1. The minimum atomic E-state index is -1.55. The van der Waals surface area contributed by atoms with Crippen molar-refractivity contribution in [3.63, 3.8) is 0 Å². The predicted molar refractivity (Wildman–Crippen MR) is 192 cm³/mol. The van der Waals surface area contributed by atoms with Crippen molar-refractivity contribution in [3.05, 3.63) is 94.3 Å².